The predicted octanol–water partition coefficient (Wildman–Crippen LogP) is 5.96. The Morgan fingerprint density at radius 3 is 2.54 bits per heavy atom. The van der Waals surface area contributed by atoms with Gasteiger partial charge in [-0.25, -0.2) is 4.98 Å². The van der Waals surface area contributed by atoms with Crippen molar-refractivity contribution < 1.29 is 4.92 Å². The first kappa shape index (κ1) is 19.5. The molecule has 0 unspecified atom stereocenters. The van der Waals surface area contributed by atoms with Crippen molar-refractivity contribution in [2.45, 2.75) is 27.2 Å². The van der Waals surface area contributed by atoms with E-state index >= 15 is 0 Å². The van der Waals surface area contributed by atoms with Crippen molar-refractivity contribution in [2.75, 3.05) is 0 Å². The molecule has 0 saturated heterocycles. The molecule has 1 heterocycles. The van der Waals surface area contributed by atoms with E-state index in [0.29, 0.717) is 10.6 Å². The second-order valence-corrected chi connectivity index (χ2v) is 7.56. The highest BCUT2D eigenvalue weighted by Crippen LogP contribution is 2.34. The maximum absolute atomic E-state index is 10.8. The molecule has 0 radical (unpaired) electrons. The molecule has 28 heavy (non-hydrogen) atoms. The van der Waals surface area contributed by atoms with Crippen LogP contribution in [0.2, 0.25) is 0 Å². The zero-order valence-electron chi connectivity index (χ0n) is 15.9. The molecule has 0 bridgehead atoms. The van der Waals surface area contributed by atoms with E-state index in [1.807, 2.05) is 0 Å². The molecule has 0 amide bonds. The fourth-order valence-corrected chi connectivity index (χ4v) is 3.98. The van der Waals surface area contributed by atoms with Crippen LogP contribution in [0.4, 0.5) is 5.69 Å². The van der Waals surface area contributed by atoms with Gasteiger partial charge in [0.05, 0.1) is 16.2 Å². The quantitative estimate of drug-likeness (QED) is 0.306. The number of nitro groups is 1. The van der Waals surface area contributed by atoms with Crippen LogP contribution in [0.15, 0.2) is 42.5 Å². The number of benzene rings is 2. The zero-order valence-corrected chi connectivity index (χ0v) is 16.7. The van der Waals surface area contributed by atoms with Crippen molar-refractivity contribution in [1.82, 2.24) is 4.98 Å². The fraction of sp³-hybridized carbons (Fsp3) is 0.182. The molecular formula is C22H19N3O2S. The molecule has 0 fully saturated rings. The smallest absolute Gasteiger partial charge is 0.258 e. The third-order valence-corrected chi connectivity index (χ3v) is 5.65. The minimum Gasteiger partial charge on any atom is -0.258 e. The summed E-state index contributed by atoms with van der Waals surface area (Å²) in [5, 5.41) is 21.1. The van der Waals surface area contributed by atoms with E-state index in [-0.39, 0.29) is 5.69 Å². The topological polar surface area (TPSA) is 79.8 Å². The van der Waals surface area contributed by atoms with Crippen LogP contribution in [0.3, 0.4) is 0 Å². The van der Waals surface area contributed by atoms with Crippen LogP contribution in [0.25, 0.3) is 22.9 Å². The summed E-state index contributed by atoms with van der Waals surface area (Å²) in [7, 11) is 0. The van der Waals surface area contributed by atoms with Gasteiger partial charge < -0.3 is 0 Å². The summed E-state index contributed by atoms with van der Waals surface area (Å²) < 4.78 is 0. The molecule has 0 spiro atoms. The Bertz CT molecular complexity index is 1110. The second kappa shape index (κ2) is 8.15. The molecule has 1 aromatic heterocycles. The molecule has 0 aliphatic heterocycles. The van der Waals surface area contributed by atoms with Crippen LogP contribution < -0.4 is 0 Å². The van der Waals surface area contributed by atoms with Crippen LogP contribution in [0.5, 0.6) is 0 Å². The lowest BCUT2D eigenvalue weighted by molar-refractivity contribution is -0.384. The maximum atomic E-state index is 10.8. The highest BCUT2D eigenvalue weighted by Gasteiger charge is 2.16. The van der Waals surface area contributed by atoms with Crippen LogP contribution in [-0.2, 0) is 6.42 Å². The monoisotopic (exact) mass is 389 g/mol. The molecule has 0 aliphatic rings. The lowest BCUT2D eigenvalue weighted by atomic mass is 10.0. The summed E-state index contributed by atoms with van der Waals surface area (Å²) in [5.74, 6) is 0. The van der Waals surface area contributed by atoms with Gasteiger partial charge in [-0.3, -0.25) is 10.1 Å². The molecule has 0 saturated carbocycles. The molecule has 3 aromatic rings. The van der Waals surface area contributed by atoms with E-state index < -0.39 is 4.92 Å². The van der Waals surface area contributed by atoms with E-state index in [0.717, 1.165) is 33.7 Å². The summed E-state index contributed by atoms with van der Waals surface area (Å²) in [4.78, 5) is 16.3. The van der Waals surface area contributed by atoms with Crippen molar-refractivity contribution in [3.63, 3.8) is 0 Å². The van der Waals surface area contributed by atoms with E-state index in [1.54, 1.807) is 18.2 Å². The average molecular weight is 389 g/mol. The lowest BCUT2D eigenvalue weighted by Gasteiger charge is -2.06. The molecule has 3 rings (SSSR count). The molecular weight excluding hydrogens is 370 g/mol. The minimum atomic E-state index is -0.441. The molecule has 0 aliphatic carbocycles. The fourth-order valence-electron chi connectivity index (χ4n) is 3.00. The van der Waals surface area contributed by atoms with Gasteiger partial charge in [0.15, 0.2) is 0 Å². The van der Waals surface area contributed by atoms with Gasteiger partial charge in [-0.15, -0.1) is 11.3 Å². The van der Waals surface area contributed by atoms with E-state index in [9.17, 15) is 15.4 Å². The Kier molecular flexibility index (Phi) is 5.67. The van der Waals surface area contributed by atoms with Crippen LogP contribution in [0.1, 0.15) is 33.5 Å². The van der Waals surface area contributed by atoms with Crippen molar-refractivity contribution in [1.29, 1.82) is 5.26 Å². The molecule has 6 heteroatoms. The summed E-state index contributed by atoms with van der Waals surface area (Å²) in [6.45, 7) is 6.21. The van der Waals surface area contributed by atoms with Gasteiger partial charge in [0.25, 0.3) is 5.69 Å². The first-order valence-corrected chi connectivity index (χ1v) is 9.68. The highest BCUT2D eigenvalue weighted by molar-refractivity contribution is 7.13. The van der Waals surface area contributed by atoms with Gasteiger partial charge in [-0.1, -0.05) is 30.7 Å². The van der Waals surface area contributed by atoms with Crippen molar-refractivity contribution in [3.05, 3.63) is 79.2 Å². The van der Waals surface area contributed by atoms with Crippen LogP contribution in [-0.4, -0.2) is 9.91 Å². The lowest BCUT2D eigenvalue weighted by Crippen LogP contribution is -1.89. The van der Waals surface area contributed by atoms with E-state index in [1.165, 1.54) is 29.0 Å². The summed E-state index contributed by atoms with van der Waals surface area (Å²) in [6, 6.07) is 14.6. The predicted molar refractivity (Wildman–Crippen MR) is 113 cm³/mol. The summed E-state index contributed by atoms with van der Waals surface area (Å²) >= 11 is 1.52. The SMILES string of the molecule is CCc1sc(C(C#N)=Cc2ccc([N+](=O)[O-])cc2)nc1-c1ccc(C)cc1C. The van der Waals surface area contributed by atoms with Gasteiger partial charge in [-0.05, 0) is 49.6 Å². The third kappa shape index (κ3) is 4.00. The molecule has 140 valence electrons. The molecule has 0 N–H and O–H groups in total. The Morgan fingerprint density at radius 1 is 1.25 bits per heavy atom. The van der Waals surface area contributed by atoms with Crippen molar-refractivity contribution >= 4 is 28.7 Å². The van der Waals surface area contributed by atoms with E-state index in [2.05, 4.69) is 45.0 Å². The van der Waals surface area contributed by atoms with Gasteiger partial charge in [0.2, 0.25) is 0 Å². The number of rotatable bonds is 5. The average Bonchev–Trinajstić information content (AvgIpc) is 3.10. The van der Waals surface area contributed by atoms with E-state index in [4.69, 9.17) is 4.98 Å². The number of non-ortho nitro benzene ring substituents is 1. The normalized spacial score (nSPS) is 11.3. The van der Waals surface area contributed by atoms with Crippen molar-refractivity contribution in [2.24, 2.45) is 0 Å². The number of hydrogen-bond donors (Lipinski definition) is 0. The van der Waals surface area contributed by atoms with Gasteiger partial charge >= 0.3 is 0 Å². The minimum absolute atomic E-state index is 0.0234. The Labute approximate surface area is 167 Å². The number of thiazole rings is 1. The number of aromatic nitrogens is 1. The molecule has 5 nitrogen and oxygen atoms in total. The first-order chi connectivity index (χ1) is 13.4. The summed E-state index contributed by atoms with van der Waals surface area (Å²) in [5.41, 5.74) is 5.56. The zero-order chi connectivity index (χ0) is 20.3. The van der Waals surface area contributed by atoms with Crippen LogP contribution >= 0.6 is 11.3 Å². The first-order valence-electron chi connectivity index (χ1n) is 8.87. The van der Waals surface area contributed by atoms with Gasteiger partial charge in [-0.2, -0.15) is 5.26 Å². The number of nitrogens with zero attached hydrogens (tertiary/aromatic N) is 3. The second-order valence-electron chi connectivity index (χ2n) is 6.48. The maximum Gasteiger partial charge on any atom is 0.269 e. The number of nitro benzene ring substituents is 1. The van der Waals surface area contributed by atoms with Crippen molar-refractivity contribution in [3.8, 4) is 17.3 Å². The molecule has 0 atom stereocenters. The Hall–Kier alpha value is -3.30. The number of aryl methyl sites for hydroxylation is 3. The largest absolute Gasteiger partial charge is 0.269 e. The van der Waals surface area contributed by atoms with Gasteiger partial charge in [0.1, 0.15) is 11.1 Å². The Balaban J connectivity index is 2.03. The van der Waals surface area contributed by atoms with Crippen LogP contribution in [0, 0.1) is 35.3 Å². The third-order valence-electron chi connectivity index (χ3n) is 4.42. The number of hydrogen-bond acceptors (Lipinski definition) is 5. The number of allylic oxidation sites excluding steroid dienone is 1. The number of nitriles is 1. The molecule has 2 aromatic carbocycles. The highest BCUT2D eigenvalue weighted by atomic mass is 32.1. The standard InChI is InChI=1S/C22H19N3O2S/c1-4-20-21(19-10-5-14(2)11-15(19)3)24-22(28-20)17(13-23)12-16-6-8-18(9-7-16)25(26)27/h5-12H,4H2,1-3H3. The summed E-state index contributed by atoms with van der Waals surface area (Å²) in [6.07, 6.45) is 2.55. The Morgan fingerprint density at radius 2 is 1.96 bits per heavy atom. The van der Waals surface area contributed by atoms with Gasteiger partial charge in [0, 0.05) is 22.6 Å².